The topological polar surface area (TPSA) is 85.2 Å². The van der Waals surface area contributed by atoms with E-state index in [9.17, 15) is 4.79 Å². The van der Waals surface area contributed by atoms with Crippen molar-refractivity contribution >= 4 is 22.7 Å². The number of amides is 2. The molecule has 1 aromatic heterocycles. The zero-order valence-electron chi connectivity index (χ0n) is 15.4. The lowest BCUT2D eigenvalue weighted by atomic mass is 10.1. The number of nitrogens with one attached hydrogen (secondary N) is 2. The van der Waals surface area contributed by atoms with Crippen LogP contribution in [-0.4, -0.2) is 58.4 Å². The Balaban J connectivity index is 1.98. The van der Waals surface area contributed by atoms with Crippen molar-refractivity contribution in [2.24, 2.45) is 0 Å². The summed E-state index contributed by atoms with van der Waals surface area (Å²) in [5.74, 6) is 1.29. The molecule has 2 N–H and O–H groups in total. The number of carbonyl (C=O) groups excluding carboxylic acids is 1. The van der Waals surface area contributed by atoms with Crippen LogP contribution in [0.1, 0.15) is 12.8 Å². The molecule has 1 saturated heterocycles. The second kappa shape index (κ2) is 8.18. The molecule has 0 unspecified atom stereocenters. The average molecular weight is 363 g/mol. The highest BCUT2D eigenvalue weighted by Gasteiger charge is 2.26. The molecule has 1 fully saturated rings. The Hall–Kier alpha value is -2.61. The Morgan fingerprint density at radius 3 is 2.58 bits per heavy atom. The van der Waals surface area contributed by atoms with Crippen molar-refractivity contribution in [3.05, 3.63) is 12.3 Å². The third-order valence-electron chi connectivity index (χ3n) is 4.50. The average Bonchev–Trinajstić information content (AvgIpc) is 3.33. The van der Waals surface area contributed by atoms with Crippen LogP contribution in [0.3, 0.4) is 0 Å². The molecule has 1 aliphatic rings. The minimum Gasteiger partial charge on any atom is -0.494 e. The Morgan fingerprint density at radius 2 is 1.92 bits per heavy atom. The van der Waals surface area contributed by atoms with Crippen LogP contribution in [0.15, 0.2) is 16.7 Å². The van der Waals surface area contributed by atoms with Crippen LogP contribution in [-0.2, 0) is 0 Å². The van der Waals surface area contributed by atoms with Gasteiger partial charge in [-0.1, -0.05) is 0 Å². The number of likely N-dealkylation sites (tertiary alicyclic amines) is 1. The number of fused-ring (bicyclic) bond motifs is 1. The van der Waals surface area contributed by atoms with E-state index < -0.39 is 0 Å². The van der Waals surface area contributed by atoms with Gasteiger partial charge in [0.25, 0.3) is 0 Å². The van der Waals surface area contributed by atoms with E-state index in [0.717, 1.165) is 19.6 Å². The van der Waals surface area contributed by atoms with Gasteiger partial charge in [-0.05, 0) is 32.0 Å². The van der Waals surface area contributed by atoms with E-state index in [-0.39, 0.29) is 6.03 Å². The van der Waals surface area contributed by atoms with E-state index in [1.807, 2.05) is 0 Å². The predicted molar refractivity (Wildman–Crippen MR) is 98.6 cm³/mol. The lowest BCUT2D eigenvalue weighted by molar-refractivity contribution is 0.230. The SMILES string of the molecule is CNC(=O)Nc1c(OCCN2CCCC2)c(OC)c2occc2c1OC. The number of anilines is 1. The quantitative estimate of drug-likeness (QED) is 0.787. The van der Waals surface area contributed by atoms with E-state index in [2.05, 4.69) is 15.5 Å². The van der Waals surface area contributed by atoms with Crippen LogP contribution in [0.2, 0.25) is 0 Å². The highest BCUT2D eigenvalue weighted by Crippen LogP contribution is 2.49. The molecule has 2 amide bonds. The first-order valence-electron chi connectivity index (χ1n) is 8.68. The third kappa shape index (κ3) is 3.50. The van der Waals surface area contributed by atoms with Gasteiger partial charge < -0.3 is 29.3 Å². The van der Waals surface area contributed by atoms with Crippen molar-refractivity contribution in [1.82, 2.24) is 10.2 Å². The van der Waals surface area contributed by atoms with Crippen LogP contribution < -0.4 is 24.8 Å². The molecular formula is C18H25N3O5. The van der Waals surface area contributed by atoms with Crippen LogP contribution in [0.4, 0.5) is 10.5 Å². The predicted octanol–water partition coefficient (Wildman–Crippen LogP) is 2.68. The summed E-state index contributed by atoms with van der Waals surface area (Å²) in [5, 5.41) is 6.01. The summed E-state index contributed by atoms with van der Waals surface area (Å²) in [5.41, 5.74) is 0.932. The molecule has 0 saturated carbocycles. The minimum absolute atomic E-state index is 0.377. The van der Waals surface area contributed by atoms with Crippen molar-refractivity contribution in [3.8, 4) is 17.2 Å². The number of rotatable bonds is 7. The van der Waals surface area contributed by atoms with Gasteiger partial charge in [-0.15, -0.1) is 0 Å². The van der Waals surface area contributed by atoms with E-state index in [1.54, 1.807) is 26.5 Å². The van der Waals surface area contributed by atoms with Gasteiger partial charge in [0.2, 0.25) is 5.75 Å². The standard InChI is InChI=1S/C18H25N3O5/c1-19-18(22)20-13-14(23-2)12-6-10-25-15(12)17(24-3)16(13)26-11-9-21-7-4-5-8-21/h6,10H,4-5,7-9,11H2,1-3H3,(H2,19,20,22). The van der Waals surface area contributed by atoms with E-state index >= 15 is 0 Å². The van der Waals surface area contributed by atoms with Crippen LogP contribution in [0.25, 0.3) is 11.0 Å². The van der Waals surface area contributed by atoms with Gasteiger partial charge in [-0.2, -0.15) is 0 Å². The Bertz CT molecular complexity index is 768. The van der Waals surface area contributed by atoms with Gasteiger partial charge in [-0.25, -0.2) is 4.79 Å². The van der Waals surface area contributed by atoms with Crippen molar-refractivity contribution in [2.75, 3.05) is 52.8 Å². The molecule has 1 aromatic carbocycles. The maximum atomic E-state index is 12.0. The fourth-order valence-electron chi connectivity index (χ4n) is 3.23. The number of carbonyl (C=O) groups is 1. The van der Waals surface area contributed by atoms with E-state index in [0.29, 0.717) is 40.5 Å². The number of furan rings is 1. The highest BCUT2D eigenvalue weighted by molar-refractivity contribution is 6.03. The third-order valence-corrected chi connectivity index (χ3v) is 4.50. The smallest absolute Gasteiger partial charge is 0.319 e. The summed E-state index contributed by atoms with van der Waals surface area (Å²) in [6, 6.07) is 1.39. The number of nitrogens with zero attached hydrogens (tertiary/aromatic N) is 1. The number of ether oxygens (including phenoxy) is 3. The Morgan fingerprint density at radius 1 is 1.19 bits per heavy atom. The second-order valence-electron chi connectivity index (χ2n) is 6.04. The number of methoxy groups -OCH3 is 2. The molecule has 3 rings (SSSR count). The lowest BCUT2D eigenvalue weighted by Crippen LogP contribution is -2.27. The first-order chi connectivity index (χ1) is 12.7. The fourth-order valence-corrected chi connectivity index (χ4v) is 3.23. The number of benzene rings is 1. The maximum absolute atomic E-state index is 12.0. The molecule has 0 spiro atoms. The molecular weight excluding hydrogens is 338 g/mol. The van der Waals surface area contributed by atoms with Gasteiger partial charge in [0.05, 0.1) is 25.9 Å². The monoisotopic (exact) mass is 363 g/mol. The zero-order valence-corrected chi connectivity index (χ0v) is 15.4. The van der Waals surface area contributed by atoms with Crippen molar-refractivity contribution in [3.63, 3.8) is 0 Å². The summed E-state index contributed by atoms with van der Waals surface area (Å²) in [6.45, 7) is 3.45. The molecule has 0 aliphatic carbocycles. The van der Waals surface area contributed by atoms with E-state index in [1.165, 1.54) is 20.0 Å². The molecule has 2 aromatic rings. The molecule has 0 radical (unpaired) electrons. The van der Waals surface area contributed by atoms with Gasteiger partial charge in [0.1, 0.15) is 12.3 Å². The first kappa shape index (κ1) is 18.2. The zero-order chi connectivity index (χ0) is 18.5. The normalized spacial score (nSPS) is 14.4. The molecule has 142 valence electrons. The van der Waals surface area contributed by atoms with Gasteiger partial charge in [0, 0.05) is 13.6 Å². The molecule has 8 nitrogen and oxygen atoms in total. The summed E-state index contributed by atoms with van der Waals surface area (Å²) in [6.07, 6.45) is 3.99. The molecule has 1 aliphatic heterocycles. The summed E-state index contributed by atoms with van der Waals surface area (Å²) in [4.78, 5) is 14.3. The lowest BCUT2D eigenvalue weighted by Gasteiger charge is -2.20. The molecule has 2 heterocycles. The van der Waals surface area contributed by atoms with Crippen molar-refractivity contribution in [2.45, 2.75) is 12.8 Å². The molecule has 8 heteroatoms. The van der Waals surface area contributed by atoms with Gasteiger partial charge in [0.15, 0.2) is 17.1 Å². The van der Waals surface area contributed by atoms with Gasteiger partial charge in [-0.3, -0.25) is 4.90 Å². The summed E-state index contributed by atoms with van der Waals surface area (Å²) >= 11 is 0. The van der Waals surface area contributed by atoms with Crippen molar-refractivity contribution in [1.29, 1.82) is 0 Å². The van der Waals surface area contributed by atoms with Crippen molar-refractivity contribution < 1.29 is 23.4 Å². The largest absolute Gasteiger partial charge is 0.494 e. The second-order valence-corrected chi connectivity index (χ2v) is 6.04. The number of hydrogen-bond acceptors (Lipinski definition) is 6. The first-order valence-corrected chi connectivity index (χ1v) is 8.68. The Kier molecular flexibility index (Phi) is 5.72. The fraction of sp³-hybridized carbons (Fsp3) is 0.500. The molecule has 26 heavy (non-hydrogen) atoms. The number of urea groups is 1. The highest BCUT2D eigenvalue weighted by atomic mass is 16.5. The van der Waals surface area contributed by atoms with Crippen LogP contribution in [0, 0.1) is 0 Å². The Labute approximate surface area is 152 Å². The van der Waals surface area contributed by atoms with E-state index in [4.69, 9.17) is 18.6 Å². The maximum Gasteiger partial charge on any atom is 0.319 e. The van der Waals surface area contributed by atoms with Crippen LogP contribution >= 0.6 is 0 Å². The minimum atomic E-state index is -0.377. The summed E-state index contributed by atoms with van der Waals surface area (Å²) in [7, 11) is 4.63. The van der Waals surface area contributed by atoms with Gasteiger partial charge >= 0.3 is 6.03 Å². The van der Waals surface area contributed by atoms with Crippen LogP contribution in [0.5, 0.6) is 17.2 Å². The molecule has 0 bridgehead atoms. The summed E-state index contributed by atoms with van der Waals surface area (Å²) < 4.78 is 22.7. The number of hydrogen-bond donors (Lipinski definition) is 2. The molecule has 0 atom stereocenters.